The highest BCUT2D eigenvalue weighted by Crippen LogP contribution is 2.33. The van der Waals surface area contributed by atoms with Crippen LogP contribution in [0.25, 0.3) is 0 Å². The summed E-state index contributed by atoms with van der Waals surface area (Å²) in [6, 6.07) is -0.283. The van der Waals surface area contributed by atoms with Gasteiger partial charge < -0.3 is 10.2 Å². The molecule has 1 aliphatic heterocycles. The van der Waals surface area contributed by atoms with Crippen molar-refractivity contribution < 1.29 is 9.59 Å². The number of hydrogen-bond acceptors (Lipinski definition) is 2. The largest absolute Gasteiger partial charge is 0.340 e. The third kappa shape index (κ3) is 2.82. The van der Waals surface area contributed by atoms with Crippen molar-refractivity contribution in [3.05, 3.63) is 0 Å². The molecule has 1 heterocycles. The molecule has 0 radical (unpaired) electrons. The summed E-state index contributed by atoms with van der Waals surface area (Å²) in [7, 11) is 0. The molecule has 2 atom stereocenters. The zero-order valence-corrected chi connectivity index (χ0v) is 13.9. The minimum atomic E-state index is -0.676. The number of hydrogen-bond donors (Lipinski definition) is 1. The second kappa shape index (κ2) is 6.37. The fraction of sp³-hybridized carbons (Fsp3) is 0.882. The van der Waals surface area contributed by atoms with Gasteiger partial charge in [-0.25, -0.2) is 0 Å². The standard InChI is InChI=1S/C17H30N2O2/c1-5-12(4)14-15(20)18-17(6-2,7-3)16(21)19(14)11-13-9-8-10-13/h12-14H,5-11H2,1-4H3,(H,18,20). The SMILES string of the molecule is CCC(C)C1C(=O)NC(CC)(CC)C(=O)N1CC1CCC1. The van der Waals surface area contributed by atoms with Crippen LogP contribution in [0, 0.1) is 11.8 Å². The Balaban J connectivity index is 2.28. The maximum Gasteiger partial charge on any atom is 0.249 e. The van der Waals surface area contributed by atoms with Crippen LogP contribution in [0.1, 0.15) is 66.2 Å². The summed E-state index contributed by atoms with van der Waals surface area (Å²) < 4.78 is 0. The van der Waals surface area contributed by atoms with Crippen LogP contribution in [0.15, 0.2) is 0 Å². The molecule has 2 amide bonds. The smallest absolute Gasteiger partial charge is 0.249 e. The van der Waals surface area contributed by atoms with Crippen LogP contribution in [-0.4, -0.2) is 34.8 Å². The molecule has 4 nitrogen and oxygen atoms in total. The van der Waals surface area contributed by atoms with Crippen LogP contribution < -0.4 is 5.32 Å². The van der Waals surface area contributed by atoms with E-state index < -0.39 is 5.54 Å². The molecule has 1 saturated heterocycles. The van der Waals surface area contributed by atoms with Crippen molar-refractivity contribution >= 4 is 11.8 Å². The predicted molar refractivity (Wildman–Crippen MR) is 83.8 cm³/mol. The molecule has 0 aromatic carbocycles. The monoisotopic (exact) mass is 294 g/mol. The predicted octanol–water partition coefficient (Wildman–Crippen LogP) is 2.72. The number of nitrogens with one attached hydrogen (secondary N) is 1. The zero-order valence-electron chi connectivity index (χ0n) is 13.9. The normalized spacial score (nSPS) is 27.2. The molecule has 1 N–H and O–H groups in total. The molecule has 1 aliphatic carbocycles. The first-order valence-electron chi connectivity index (χ1n) is 8.62. The van der Waals surface area contributed by atoms with E-state index in [2.05, 4.69) is 19.2 Å². The Labute approximate surface area is 128 Å². The van der Waals surface area contributed by atoms with Crippen molar-refractivity contribution in [1.82, 2.24) is 10.2 Å². The van der Waals surface area contributed by atoms with E-state index in [0.29, 0.717) is 18.8 Å². The van der Waals surface area contributed by atoms with E-state index in [1.807, 2.05) is 18.7 Å². The summed E-state index contributed by atoms with van der Waals surface area (Å²) in [5.41, 5.74) is -0.676. The maximum atomic E-state index is 13.1. The van der Waals surface area contributed by atoms with Gasteiger partial charge in [-0.15, -0.1) is 0 Å². The Morgan fingerprint density at radius 3 is 2.29 bits per heavy atom. The molecular formula is C17H30N2O2. The van der Waals surface area contributed by atoms with Crippen molar-refractivity contribution in [2.45, 2.75) is 77.8 Å². The van der Waals surface area contributed by atoms with E-state index in [1.54, 1.807) is 0 Å². The highest BCUT2D eigenvalue weighted by Gasteiger charge is 2.50. The van der Waals surface area contributed by atoms with Gasteiger partial charge in [0.15, 0.2) is 0 Å². The molecule has 2 aliphatic rings. The van der Waals surface area contributed by atoms with Gasteiger partial charge in [-0.3, -0.25) is 9.59 Å². The molecule has 2 rings (SSSR count). The van der Waals surface area contributed by atoms with Gasteiger partial charge in [-0.05, 0) is 37.5 Å². The molecule has 0 aromatic rings. The summed E-state index contributed by atoms with van der Waals surface area (Å²) in [5, 5.41) is 3.05. The Hall–Kier alpha value is -1.06. The second-order valence-corrected chi connectivity index (χ2v) is 6.86. The summed E-state index contributed by atoms with van der Waals surface area (Å²) >= 11 is 0. The molecule has 120 valence electrons. The molecular weight excluding hydrogens is 264 g/mol. The van der Waals surface area contributed by atoms with Crippen molar-refractivity contribution in [3.63, 3.8) is 0 Å². The fourth-order valence-electron chi connectivity index (χ4n) is 3.57. The second-order valence-electron chi connectivity index (χ2n) is 6.86. The van der Waals surface area contributed by atoms with Gasteiger partial charge in [-0.1, -0.05) is 40.5 Å². The summed E-state index contributed by atoms with van der Waals surface area (Å²) in [5.74, 6) is 0.995. The number of amides is 2. The number of carbonyl (C=O) groups is 2. The van der Waals surface area contributed by atoms with Gasteiger partial charge in [0.1, 0.15) is 11.6 Å². The summed E-state index contributed by atoms with van der Waals surface area (Å²) in [6.07, 6.45) is 5.91. The van der Waals surface area contributed by atoms with Gasteiger partial charge in [-0.2, -0.15) is 0 Å². The highest BCUT2D eigenvalue weighted by molar-refractivity contribution is 6.00. The van der Waals surface area contributed by atoms with E-state index >= 15 is 0 Å². The number of nitrogens with zero attached hydrogens (tertiary/aromatic N) is 1. The summed E-state index contributed by atoms with van der Waals surface area (Å²) in [6.45, 7) is 8.92. The van der Waals surface area contributed by atoms with Crippen LogP contribution in [-0.2, 0) is 9.59 Å². The molecule has 4 heteroatoms. The molecule has 2 fully saturated rings. The van der Waals surface area contributed by atoms with Crippen molar-refractivity contribution in [1.29, 1.82) is 0 Å². The van der Waals surface area contributed by atoms with E-state index in [9.17, 15) is 9.59 Å². The number of carbonyl (C=O) groups excluding carboxylic acids is 2. The minimum absolute atomic E-state index is 0.0481. The number of piperazine rings is 1. The van der Waals surface area contributed by atoms with Gasteiger partial charge >= 0.3 is 0 Å². The van der Waals surface area contributed by atoms with Gasteiger partial charge in [0.05, 0.1) is 0 Å². The zero-order chi connectivity index (χ0) is 15.6. The molecule has 0 spiro atoms. The van der Waals surface area contributed by atoms with E-state index in [4.69, 9.17) is 0 Å². The lowest BCUT2D eigenvalue weighted by Gasteiger charge is -2.49. The van der Waals surface area contributed by atoms with Gasteiger partial charge in [0, 0.05) is 6.54 Å². The van der Waals surface area contributed by atoms with Crippen LogP contribution in [0.2, 0.25) is 0 Å². The van der Waals surface area contributed by atoms with E-state index in [-0.39, 0.29) is 23.8 Å². The van der Waals surface area contributed by atoms with Crippen LogP contribution in [0.4, 0.5) is 0 Å². The first-order chi connectivity index (χ1) is 9.99. The summed E-state index contributed by atoms with van der Waals surface area (Å²) in [4.78, 5) is 27.7. The van der Waals surface area contributed by atoms with Crippen LogP contribution in [0.3, 0.4) is 0 Å². The minimum Gasteiger partial charge on any atom is -0.340 e. The fourth-order valence-corrected chi connectivity index (χ4v) is 3.57. The van der Waals surface area contributed by atoms with Crippen molar-refractivity contribution in [3.8, 4) is 0 Å². The first kappa shape index (κ1) is 16.3. The van der Waals surface area contributed by atoms with Crippen LogP contribution in [0.5, 0.6) is 0 Å². The first-order valence-corrected chi connectivity index (χ1v) is 8.62. The Morgan fingerprint density at radius 2 is 1.86 bits per heavy atom. The maximum absolute atomic E-state index is 13.1. The third-order valence-electron chi connectivity index (χ3n) is 5.71. The van der Waals surface area contributed by atoms with Crippen molar-refractivity contribution in [2.75, 3.05) is 6.54 Å². The Kier molecular flexibility index (Phi) is 4.95. The van der Waals surface area contributed by atoms with Crippen LogP contribution >= 0.6 is 0 Å². The third-order valence-corrected chi connectivity index (χ3v) is 5.71. The Morgan fingerprint density at radius 1 is 1.24 bits per heavy atom. The lowest BCUT2D eigenvalue weighted by atomic mass is 9.80. The van der Waals surface area contributed by atoms with E-state index in [0.717, 1.165) is 13.0 Å². The lowest BCUT2D eigenvalue weighted by Crippen LogP contribution is -2.71. The molecule has 0 bridgehead atoms. The average Bonchev–Trinajstić information content (AvgIpc) is 2.44. The Bertz CT molecular complexity index is 400. The quantitative estimate of drug-likeness (QED) is 0.819. The van der Waals surface area contributed by atoms with Crippen molar-refractivity contribution in [2.24, 2.45) is 11.8 Å². The van der Waals surface area contributed by atoms with Gasteiger partial charge in [0.25, 0.3) is 0 Å². The van der Waals surface area contributed by atoms with E-state index in [1.165, 1.54) is 19.3 Å². The molecule has 2 unspecified atom stereocenters. The molecule has 0 aromatic heterocycles. The lowest BCUT2D eigenvalue weighted by molar-refractivity contribution is -0.159. The number of rotatable bonds is 6. The average molecular weight is 294 g/mol. The molecule has 1 saturated carbocycles. The topological polar surface area (TPSA) is 49.4 Å². The van der Waals surface area contributed by atoms with Gasteiger partial charge in [0.2, 0.25) is 11.8 Å². The molecule has 21 heavy (non-hydrogen) atoms. The highest BCUT2D eigenvalue weighted by atomic mass is 16.2.